The van der Waals surface area contributed by atoms with Crippen LogP contribution in [0.4, 0.5) is 0 Å². The summed E-state index contributed by atoms with van der Waals surface area (Å²) >= 11 is 0. The Morgan fingerprint density at radius 2 is 1.64 bits per heavy atom. The van der Waals surface area contributed by atoms with Gasteiger partial charge in [0.2, 0.25) is 23.5 Å². The molecule has 3 amide bonds. The Bertz CT molecular complexity index is 1380. The molecular formula is C36H51N3O11. The number of carboxylic acids is 1. The standard InChI is InChI=1S/C36H51N3O11/c1-6-10-24(34(46)28(40)13-14-30(42)38-33(35(37)47)23-11-8-7-9-12-23)15-29(41)27-16-25(49-20-31(43)44)18-39(27)36(48)26(22(4)5)17-32(45)50-19-21(2)3/h7-9,11-12,21-22,24-27,33H,6,10,13-20H2,1-5H3,(H2,37,47)(H,38,42)(H,43,44)/t24?,25-,26?,27+,33?/m1/s1. The van der Waals surface area contributed by atoms with Crippen molar-refractivity contribution in [2.45, 2.75) is 97.8 Å². The molecule has 14 nitrogen and oxygen atoms in total. The molecule has 0 saturated carbocycles. The number of benzene rings is 1. The second kappa shape index (κ2) is 20.3. The maximum Gasteiger partial charge on any atom is 0.329 e. The molecule has 1 aromatic carbocycles. The Balaban J connectivity index is 2.17. The number of hydrogen-bond acceptors (Lipinski definition) is 10. The lowest BCUT2D eigenvalue weighted by atomic mass is 9.87. The highest BCUT2D eigenvalue weighted by atomic mass is 16.5. The topological polar surface area (TPSA) is 217 Å². The lowest BCUT2D eigenvalue weighted by Gasteiger charge is -2.30. The molecule has 1 aromatic rings. The smallest absolute Gasteiger partial charge is 0.329 e. The summed E-state index contributed by atoms with van der Waals surface area (Å²) in [4.78, 5) is 104. The highest BCUT2D eigenvalue weighted by Gasteiger charge is 2.44. The van der Waals surface area contributed by atoms with Crippen molar-refractivity contribution in [3.63, 3.8) is 0 Å². The number of ether oxygens (including phenoxy) is 2. The summed E-state index contributed by atoms with van der Waals surface area (Å²) in [5.74, 6) is -8.00. The number of carboxylic acid groups (broad SMARTS) is 1. The summed E-state index contributed by atoms with van der Waals surface area (Å²) < 4.78 is 10.7. The van der Waals surface area contributed by atoms with Gasteiger partial charge < -0.3 is 30.5 Å². The number of nitrogens with zero attached hydrogens (tertiary/aromatic N) is 1. The molecule has 1 saturated heterocycles. The molecule has 3 unspecified atom stereocenters. The van der Waals surface area contributed by atoms with Crippen molar-refractivity contribution in [2.75, 3.05) is 19.8 Å². The molecule has 276 valence electrons. The summed E-state index contributed by atoms with van der Waals surface area (Å²) in [7, 11) is 0. The molecule has 2 rings (SSSR count). The molecule has 0 bridgehead atoms. The number of rotatable bonds is 22. The fourth-order valence-corrected chi connectivity index (χ4v) is 5.80. The Labute approximate surface area is 292 Å². The van der Waals surface area contributed by atoms with Gasteiger partial charge in [0, 0.05) is 38.1 Å². The van der Waals surface area contributed by atoms with Crippen molar-refractivity contribution in [2.24, 2.45) is 29.4 Å². The average molecular weight is 702 g/mol. The van der Waals surface area contributed by atoms with Crippen LogP contribution in [0, 0.1) is 23.7 Å². The zero-order valence-corrected chi connectivity index (χ0v) is 29.6. The molecular weight excluding hydrogens is 650 g/mol. The second-order valence-electron chi connectivity index (χ2n) is 13.5. The van der Waals surface area contributed by atoms with E-state index in [4.69, 9.17) is 20.3 Å². The third-order valence-corrected chi connectivity index (χ3v) is 8.48. The third-order valence-electron chi connectivity index (χ3n) is 8.48. The van der Waals surface area contributed by atoms with Crippen LogP contribution in [0.3, 0.4) is 0 Å². The predicted octanol–water partition coefficient (Wildman–Crippen LogP) is 2.56. The maximum absolute atomic E-state index is 13.9. The van der Waals surface area contributed by atoms with Crippen molar-refractivity contribution in [3.8, 4) is 0 Å². The first kappa shape index (κ1) is 41.7. The second-order valence-corrected chi connectivity index (χ2v) is 13.5. The summed E-state index contributed by atoms with van der Waals surface area (Å²) in [5, 5.41) is 11.6. The van der Waals surface area contributed by atoms with Gasteiger partial charge in [-0.15, -0.1) is 0 Å². The Hall–Kier alpha value is -4.46. The quantitative estimate of drug-likeness (QED) is 0.118. The number of nitrogens with two attached hydrogens (primary N) is 1. The molecule has 1 fully saturated rings. The summed E-state index contributed by atoms with van der Waals surface area (Å²) in [5.41, 5.74) is 5.90. The van der Waals surface area contributed by atoms with E-state index in [0.717, 1.165) is 0 Å². The first-order chi connectivity index (χ1) is 23.5. The van der Waals surface area contributed by atoms with Crippen molar-refractivity contribution < 1.29 is 52.9 Å². The van der Waals surface area contributed by atoms with Crippen LogP contribution in [-0.2, 0) is 47.8 Å². The van der Waals surface area contributed by atoms with E-state index in [1.807, 2.05) is 13.8 Å². The van der Waals surface area contributed by atoms with Crippen LogP contribution in [0.5, 0.6) is 0 Å². The van der Waals surface area contributed by atoms with Crippen molar-refractivity contribution in [3.05, 3.63) is 35.9 Å². The lowest BCUT2D eigenvalue weighted by molar-refractivity contribution is -0.152. The number of primary amides is 1. The van der Waals surface area contributed by atoms with Gasteiger partial charge >= 0.3 is 11.9 Å². The lowest BCUT2D eigenvalue weighted by Crippen LogP contribution is -2.46. The number of hydrogen-bond donors (Lipinski definition) is 3. The van der Waals surface area contributed by atoms with Gasteiger partial charge in [-0.2, -0.15) is 0 Å². The number of amides is 3. The van der Waals surface area contributed by atoms with E-state index >= 15 is 0 Å². The normalized spacial score (nSPS) is 17.5. The molecule has 0 spiro atoms. The minimum absolute atomic E-state index is 0.0237. The van der Waals surface area contributed by atoms with Crippen LogP contribution in [0.25, 0.3) is 0 Å². The first-order valence-electron chi connectivity index (χ1n) is 17.1. The molecule has 50 heavy (non-hydrogen) atoms. The van der Waals surface area contributed by atoms with E-state index in [9.17, 15) is 38.4 Å². The molecule has 0 aliphatic carbocycles. The zero-order chi connectivity index (χ0) is 37.5. The van der Waals surface area contributed by atoms with E-state index in [-0.39, 0.29) is 50.7 Å². The van der Waals surface area contributed by atoms with Gasteiger partial charge in [-0.25, -0.2) is 4.79 Å². The maximum atomic E-state index is 13.9. The van der Waals surface area contributed by atoms with Crippen LogP contribution in [-0.4, -0.2) is 88.9 Å². The van der Waals surface area contributed by atoms with Crippen molar-refractivity contribution in [1.82, 2.24) is 10.2 Å². The van der Waals surface area contributed by atoms with E-state index in [1.165, 1.54) is 4.90 Å². The van der Waals surface area contributed by atoms with E-state index in [0.29, 0.717) is 12.0 Å². The number of esters is 1. The van der Waals surface area contributed by atoms with Crippen LogP contribution >= 0.6 is 0 Å². The average Bonchev–Trinajstić information content (AvgIpc) is 3.50. The minimum atomic E-state index is -1.23. The third kappa shape index (κ3) is 13.1. The molecule has 1 heterocycles. The molecule has 1 aliphatic heterocycles. The van der Waals surface area contributed by atoms with E-state index in [1.54, 1.807) is 51.1 Å². The fraction of sp³-hybridized carbons (Fsp3) is 0.611. The molecule has 0 aromatic heterocycles. The summed E-state index contributed by atoms with van der Waals surface area (Å²) in [6, 6.07) is 6.10. The molecule has 0 radical (unpaired) electrons. The predicted molar refractivity (Wildman–Crippen MR) is 180 cm³/mol. The minimum Gasteiger partial charge on any atom is -0.480 e. The van der Waals surface area contributed by atoms with E-state index in [2.05, 4.69) is 5.32 Å². The van der Waals surface area contributed by atoms with E-state index < -0.39 is 96.5 Å². The number of nitrogens with one attached hydrogen (secondary N) is 1. The number of aliphatic carboxylic acids is 1. The highest BCUT2D eigenvalue weighted by molar-refractivity contribution is 6.38. The molecule has 14 heteroatoms. The summed E-state index contributed by atoms with van der Waals surface area (Å²) in [6.45, 7) is 8.52. The van der Waals surface area contributed by atoms with Gasteiger partial charge in [-0.3, -0.25) is 33.6 Å². The van der Waals surface area contributed by atoms with Crippen LogP contribution < -0.4 is 11.1 Å². The number of likely N-dealkylation sites (tertiary alicyclic amines) is 1. The van der Waals surface area contributed by atoms with Crippen LogP contribution in [0.15, 0.2) is 30.3 Å². The fourth-order valence-electron chi connectivity index (χ4n) is 5.80. The number of ketones is 3. The van der Waals surface area contributed by atoms with Gasteiger partial charge in [0.25, 0.3) is 0 Å². The molecule has 4 N–H and O–H groups in total. The van der Waals surface area contributed by atoms with Gasteiger partial charge in [0.15, 0.2) is 11.6 Å². The molecule has 1 aliphatic rings. The largest absolute Gasteiger partial charge is 0.480 e. The Kier molecular flexibility index (Phi) is 16.9. The van der Waals surface area contributed by atoms with Crippen molar-refractivity contribution in [1.29, 1.82) is 0 Å². The van der Waals surface area contributed by atoms with Crippen molar-refractivity contribution >= 4 is 47.0 Å². The van der Waals surface area contributed by atoms with Crippen LogP contribution in [0.1, 0.15) is 91.2 Å². The number of carbonyl (C=O) groups excluding carboxylic acids is 7. The molecule has 5 atom stereocenters. The zero-order valence-electron chi connectivity index (χ0n) is 29.6. The van der Waals surface area contributed by atoms with Gasteiger partial charge in [0.1, 0.15) is 12.6 Å². The Morgan fingerprint density at radius 1 is 0.980 bits per heavy atom. The Morgan fingerprint density at radius 3 is 2.20 bits per heavy atom. The van der Waals surface area contributed by atoms with Gasteiger partial charge in [0.05, 0.1) is 31.1 Å². The SMILES string of the molecule is CCCC(CC(=O)[C@@H]1C[C@@H](OCC(=O)O)CN1C(=O)C(CC(=O)OCC(C)C)C(C)C)C(=O)C(=O)CCC(=O)NC(C(N)=O)c1ccccc1. The summed E-state index contributed by atoms with van der Waals surface area (Å²) in [6.07, 6.45) is -1.60. The van der Waals surface area contributed by atoms with Gasteiger partial charge in [-0.05, 0) is 23.8 Å². The highest BCUT2D eigenvalue weighted by Crippen LogP contribution is 2.30. The first-order valence-corrected chi connectivity index (χ1v) is 17.1. The number of carbonyl (C=O) groups is 8. The number of Topliss-reactive ketones (excluding diaryl/α,β-unsaturated/α-hetero) is 3. The van der Waals surface area contributed by atoms with Gasteiger partial charge in [-0.1, -0.05) is 71.4 Å². The van der Waals surface area contributed by atoms with Crippen LogP contribution in [0.2, 0.25) is 0 Å². The monoisotopic (exact) mass is 701 g/mol.